The van der Waals surface area contributed by atoms with E-state index in [1.165, 1.54) is 0 Å². The van der Waals surface area contributed by atoms with E-state index in [1.54, 1.807) is 0 Å². The first-order chi connectivity index (χ1) is 12.9. The van der Waals surface area contributed by atoms with Crippen LogP contribution in [0.2, 0.25) is 0 Å². The molecule has 2 aromatic rings. The summed E-state index contributed by atoms with van der Waals surface area (Å²) in [7, 11) is 1.70. The van der Waals surface area contributed by atoms with Crippen molar-refractivity contribution >= 4 is 21.7 Å². The van der Waals surface area contributed by atoms with E-state index < -0.39 is 25.6 Å². The van der Waals surface area contributed by atoms with E-state index in [9.17, 15) is 27.9 Å². The Morgan fingerprint density at radius 3 is 2.18 bits per heavy atom. The molecule has 0 radical (unpaired) electrons. The lowest BCUT2D eigenvalue weighted by Crippen LogP contribution is -2.41. The number of likely N-dealkylation sites (N-methyl/N-ethyl adjacent to an activating group) is 1. The van der Waals surface area contributed by atoms with Crippen molar-refractivity contribution in [1.29, 1.82) is 0 Å². The highest BCUT2D eigenvalue weighted by molar-refractivity contribution is 7.85. The highest BCUT2D eigenvalue weighted by Gasteiger charge is 2.09. The number of nitrogens with one attached hydrogen (secondary N) is 1. The lowest BCUT2D eigenvalue weighted by molar-refractivity contribution is -0.869. The molecule has 0 spiro atoms. The molecule has 2 aromatic carbocycles. The van der Waals surface area contributed by atoms with Crippen LogP contribution < -0.4 is 5.32 Å². The van der Waals surface area contributed by atoms with Gasteiger partial charge in [-0.05, 0) is 18.2 Å². The maximum Gasteiger partial charge on any atom is 0.270 e. The monoisotopic (exact) mass is 409 g/mol. The maximum atomic E-state index is 11.6. The first kappa shape index (κ1) is 23.2. The van der Waals surface area contributed by atoms with Crippen LogP contribution >= 0.6 is 0 Å². The number of carbonyl (C=O) groups is 1. The van der Waals surface area contributed by atoms with E-state index in [2.05, 4.69) is 26.5 Å². The van der Waals surface area contributed by atoms with Gasteiger partial charge in [0.2, 0.25) is 0 Å². The molecular weight excluding hydrogens is 386 g/mol. The number of quaternary nitrogens is 1. The topological polar surface area (TPSA) is 129 Å². The average molecular weight is 409 g/mol. The van der Waals surface area contributed by atoms with Gasteiger partial charge in [-0.3, -0.25) is 14.9 Å². The standard InChI is InChI=1S/C12H18N2O.C6H5NO5S/c1-14(2,3)10-9-13-12(15)11-7-5-4-6-8-11;8-7(9)5-2-1-3-6(4-5)13(10,11)12/h4-8H,9-10H2,1-3H3;1-4H,(H,10,11,12). The van der Waals surface area contributed by atoms with E-state index in [1.807, 2.05) is 30.3 Å². The van der Waals surface area contributed by atoms with Gasteiger partial charge in [0.1, 0.15) is 10.1 Å². The molecule has 28 heavy (non-hydrogen) atoms. The van der Waals surface area contributed by atoms with Gasteiger partial charge in [-0.25, -0.2) is 8.42 Å². The molecule has 0 aliphatic carbocycles. The Morgan fingerprint density at radius 2 is 1.68 bits per heavy atom. The zero-order valence-electron chi connectivity index (χ0n) is 15.9. The number of nitrogens with zero attached hydrogens (tertiary/aromatic N) is 2. The molecule has 0 bridgehead atoms. The average Bonchev–Trinajstić information content (AvgIpc) is 2.61. The van der Waals surface area contributed by atoms with Crippen molar-refractivity contribution in [2.75, 3.05) is 34.2 Å². The van der Waals surface area contributed by atoms with E-state index in [4.69, 9.17) is 0 Å². The van der Waals surface area contributed by atoms with E-state index >= 15 is 0 Å². The number of nitro groups is 1. The van der Waals surface area contributed by atoms with Gasteiger partial charge in [-0.15, -0.1) is 0 Å². The Labute approximate surface area is 164 Å². The van der Waals surface area contributed by atoms with Crippen LogP contribution in [-0.4, -0.2) is 62.5 Å². The van der Waals surface area contributed by atoms with Crippen molar-refractivity contribution in [2.24, 2.45) is 0 Å². The molecule has 0 saturated carbocycles. The minimum absolute atomic E-state index is 0.00375. The van der Waals surface area contributed by atoms with E-state index in [-0.39, 0.29) is 5.91 Å². The highest BCUT2D eigenvalue weighted by atomic mass is 32.2. The minimum Gasteiger partial charge on any atom is -0.744 e. The summed E-state index contributed by atoms with van der Waals surface area (Å²) < 4.78 is 32.1. The Kier molecular flexibility index (Phi) is 8.23. The van der Waals surface area contributed by atoms with Crippen LogP contribution in [0, 0.1) is 10.1 Å². The van der Waals surface area contributed by atoms with Crippen LogP contribution in [-0.2, 0) is 10.1 Å². The van der Waals surface area contributed by atoms with Crippen molar-refractivity contribution in [1.82, 2.24) is 5.32 Å². The summed E-state index contributed by atoms with van der Waals surface area (Å²) in [4.78, 5) is 20.4. The third-order valence-electron chi connectivity index (χ3n) is 3.42. The number of non-ortho nitro benzene ring substituents is 1. The summed E-state index contributed by atoms with van der Waals surface area (Å²) in [5.41, 5.74) is 0.302. The fraction of sp³-hybridized carbons (Fsp3) is 0.278. The fourth-order valence-corrected chi connectivity index (χ4v) is 2.46. The SMILES string of the molecule is C[N+](C)(C)CCNC(=O)c1ccccc1.O=[N+]([O-])c1cccc(S(=O)(=O)[O-])c1. The highest BCUT2D eigenvalue weighted by Crippen LogP contribution is 2.16. The molecule has 0 unspecified atom stereocenters. The molecule has 2 rings (SSSR count). The molecule has 0 aliphatic heterocycles. The van der Waals surface area contributed by atoms with Gasteiger partial charge < -0.3 is 14.4 Å². The number of benzene rings is 2. The number of nitro benzene ring substituents is 1. The second-order valence-corrected chi connectivity index (χ2v) is 8.22. The lowest BCUT2D eigenvalue weighted by atomic mass is 10.2. The van der Waals surface area contributed by atoms with Crippen LogP contribution in [0.25, 0.3) is 0 Å². The predicted octanol–water partition coefficient (Wildman–Crippen LogP) is 1.62. The molecule has 0 aromatic heterocycles. The second-order valence-electron chi connectivity index (χ2n) is 6.84. The first-order valence-electron chi connectivity index (χ1n) is 8.24. The van der Waals surface area contributed by atoms with Crippen molar-refractivity contribution < 1.29 is 27.2 Å². The molecule has 0 heterocycles. The zero-order chi connectivity index (χ0) is 21.4. The number of carbonyl (C=O) groups excluding carboxylic acids is 1. The van der Waals surface area contributed by atoms with Gasteiger partial charge >= 0.3 is 0 Å². The number of hydrogen-bond acceptors (Lipinski definition) is 6. The number of hydrogen-bond donors (Lipinski definition) is 1. The third-order valence-corrected chi connectivity index (χ3v) is 4.25. The normalized spacial score (nSPS) is 11.1. The van der Waals surface area contributed by atoms with E-state index in [0.717, 1.165) is 40.9 Å². The lowest BCUT2D eigenvalue weighted by Gasteiger charge is -2.23. The quantitative estimate of drug-likeness (QED) is 0.334. The molecule has 152 valence electrons. The van der Waals surface area contributed by atoms with Crippen LogP contribution in [0.1, 0.15) is 10.4 Å². The van der Waals surface area contributed by atoms with Crippen molar-refractivity contribution in [3.8, 4) is 0 Å². The van der Waals surface area contributed by atoms with Gasteiger partial charge in [-0.2, -0.15) is 0 Å². The van der Waals surface area contributed by atoms with Crippen molar-refractivity contribution in [3.63, 3.8) is 0 Å². The van der Waals surface area contributed by atoms with Gasteiger partial charge in [0, 0.05) is 17.7 Å². The van der Waals surface area contributed by atoms with Crippen molar-refractivity contribution in [2.45, 2.75) is 4.90 Å². The Morgan fingerprint density at radius 1 is 1.07 bits per heavy atom. The smallest absolute Gasteiger partial charge is 0.270 e. The summed E-state index contributed by atoms with van der Waals surface area (Å²) >= 11 is 0. The number of amides is 1. The first-order valence-corrected chi connectivity index (χ1v) is 9.65. The number of rotatable bonds is 6. The third kappa shape index (κ3) is 8.71. The molecule has 0 atom stereocenters. The van der Waals surface area contributed by atoms with E-state index in [0.29, 0.717) is 6.54 Å². The molecule has 1 N–H and O–H groups in total. The molecule has 1 amide bonds. The Balaban J connectivity index is 0.000000283. The zero-order valence-corrected chi connectivity index (χ0v) is 16.7. The predicted molar refractivity (Wildman–Crippen MR) is 103 cm³/mol. The minimum atomic E-state index is -4.61. The molecule has 0 saturated heterocycles. The van der Waals surface area contributed by atoms with Gasteiger partial charge in [0.25, 0.3) is 11.6 Å². The molecule has 0 aliphatic rings. The summed E-state index contributed by atoms with van der Waals surface area (Å²) in [5.74, 6) is 0.00375. The molecular formula is C18H23N3O6S. The fourth-order valence-electron chi connectivity index (χ4n) is 1.95. The maximum absolute atomic E-state index is 11.6. The van der Waals surface area contributed by atoms with Crippen LogP contribution in [0.4, 0.5) is 5.69 Å². The summed E-state index contributed by atoms with van der Waals surface area (Å²) in [6.45, 7) is 1.63. The van der Waals surface area contributed by atoms with Gasteiger partial charge in [0.05, 0.1) is 44.1 Å². The summed E-state index contributed by atoms with van der Waals surface area (Å²) in [5, 5.41) is 13.1. The van der Waals surface area contributed by atoms with Gasteiger partial charge in [0.15, 0.2) is 0 Å². The molecule has 10 heteroatoms. The summed E-state index contributed by atoms with van der Waals surface area (Å²) in [6.07, 6.45) is 0. The molecule has 9 nitrogen and oxygen atoms in total. The molecule has 0 fully saturated rings. The summed E-state index contributed by atoms with van der Waals surface area (Å²) in [6, 6.07) is 13.3. The van der Waals surface area contributed by atoms with Crippen molar-refractivity contribution in [3.05, 3.63) is 70.3 Å². The largest absolute Gasteiger partial charge is 0.744 e. The second kappa shape index (κ2) is 9.93. The Hall–Kier alpha value is -2.82. The van der Waals surface area contributed by atoms with Crippen LogP contribution in [0.3, 0.4) is 0 Å². The van der Waals surface area contributed by atoms with Crippen LogP contribution in [0.15, 0.2) is 59.5 Å². The Bertz CT molecular complexity index is 908. The van der Waals surface area contributed by atoms with Gasteiger partial charge in [-0.1, -0.05) is 24.3 Å². The van der Waals surface area contributed by atoms with Crippen LogP contribution in [0.5, 0.6) is 0 Å².